The molecule has 0 bridgehead atoms. The summed E-state index contributed by atoms with van der Waals surface area (Å²) >= 11 is 5.94. The average Bonchev–Trinajstić information content (AvgIpc) is 3.32. The summed E-state index contributed by atoms with van der Waals surface area (Å²) in [5, 5.41) is 9.33. The van der Waals surface area contributed by atoms with Crippen molar-refractivity contribution in [2.75, 3.05) is 39.5 Å². The van der Waals surface area contributed by atoms with Gasteiger partial charge in [-0.2, -0.15) is 5.10 Å². The standard InChI is InChI=1S/C27H31ClN4O4/c1-18-23(26(33)29-14-22-17-35-12-13-36-22)6-7-25-24(18)16-32(30-25)15-19-8-10-31(11-9-19)27(34)20-2-4-21(28)5-3-20/h2-7,16,19,22H,8-15,17H2,1H3,(H,29,33). The van der Waals surface area contributed by atoms with Gasteiger partial charge in [0.1, 0.15) is 0 Å². The quantitative estimate of drug-likeness (QED) is 0.546. The second-order valence-corrected chi connectivity index (χ2v) is 9.98. The summed E-state index contributed by atoms with van der Waals surface area (Å²) in [6, 6.07) is 10.8. The number of carbonyl (C=O) groups excluding carboxylic acids is 2. The summed E-state index contributed by atoms with van der Waals surface area (Å²) in [5.74, 6) is 0.377. The minimum absolute atomic E-state index is 0.0546. The minimum Gasteiger partial charge on any atom is -0.376 e. The summed E-state index contributed by atoms with van der Waals surface area (Å²) in [5.41, 5.74) is 3.11. The number of ether oxygens (including phenoxy) is 2. The average molecular weight is 511 g/mol. The molecule has 9 heteroatoms. The van der Waals surface area contributed by atoms with Gasteiger partial charge < -0.3 is 19.7 Å². The van der Waals surface area contributed by atoms with E-state index in [1.165, 1.54) is 0 Å². The second-order valence-electron chi connectivity index (χ2n) is 9.54. The number of rotatable bonds is 6. The van der Waals surface area contributed by atoms with Gasteiger partial charge in [-0.3, -0.25) is 14.3 Å². The molecule has 8 nitrogen and oxygen atoms in total. The van der Waals surface area contributed by atoms with Crippen LogP contribution in [0.5, 0.6) is 0 Å². The molecular weight excluding hydrogens is 480 g/mol. The van der Waals surface area contributed by atoms with Gasteiger partial charge >= 0.3 is 0 Å². The third-order valence-electron chi connectivity index (χ3n) is 7.06. The van der Waals surface area contributed by atoms with Gasteiger partial charge in [0.25, 0.3) is 11.8 Å². The van der Waals surface area contributed by atoms with Gasteiger partial charge in [-0.15, -0.1) is 0 Å². The Bertz CT molecular complexity index is 1230. The Kier molecular flexibility index (Phi) is 7.55. The Labute approximate surface area is 215 Å². The number of hydrogen-bond acceptors (Lipinski definition) is 5. The van der Waals surface area contributed by atoms with E-state index < -0.39 is 0 Å². The minimum atomic E-state index is -0.117. The topological polar surface area (TPSA) is 85.7 Å². The molecular formula is C27H31ClN4O4. The molecule has 2 amide bonds. The molecule has 2 aliphatic rings. The number of halogens is 1. The largest absolute Gasteiger partial charge is 0.376 e. The van der Waals surface area contributed by atoms with Crippen LogP contribution >= 0.6 is 11.6 Å². The van der Waals surface area contributed by atoms with E-state index in [2.05, 4.69) is 5.32 Å². The molecule has 3 heterocycles. The number of hydrogen-bond donors (Lipinski definition) is 1. The highest BCUT2D eigenvalue weighted by atomic mass is 35.5. The van der Waals surface area contributed by atoms with Crippen LogP contribution in [0, 0.1) is 12.8 Å². The molecule has 0 spiro atoms. The van der Waals surface area contributed by atoms with E-state index in [0.717, 1.165) is 48.9 Å². The van der Waals surface area contributed by atoms with Crippen molar-refractivity contribution in [2.24, 2.45) is 5.92 Å². The van der Waals surface area contributed by atoms with Crippen molar-refractivity contribution in [3.05, 3.63) is 64.3 Å². The molecule has 0 radical (unpaired) electrons. The molecule has 1 unspecified atom stereocenters. The van der Waals surface area contributed by atoms with Crippen molar-refractivity contribution >= 4 is 34.3 Å². The van der Waals surface area contributed by atoms with Crippen molar-refractivity contribution in [3.63, 3.8) is 0 Å². The molecule has 0 saturated carbocycles. The van der Waals surface area contributed by atoms with Crippen LogP contribution in [0.1, 0.15) is 39.1 Å². The first-order valence-electron chi connectivity index (χ1n) is 12.5. The van der Waals surface area contributed by atoms with E-state index >= 15 is 0 Å². The van der Waals surface area contributed by atoms with Gasteiger partial charge in [0.2, 0.25) is 0 Å². The smallest absolute Gasteiger partial charge is 0.253 e. The van der Waals surface area contributed by atoms with Crippen molar-refractivity contribution in [1.82, 2.24) is 20.0 Å². The van der Waals surface area contributed by atoms with E-state index in [4.69, 9.17) is 26.2 Å². The third-order valence-corrected chi connectivity index (χ3v) is 7.32. The lowest BCUT2D eigenvalue weighted by Gasteiger charge is -2.32. The first-order valence-corrected chi connectivity index (χ1v) is 12.8. The van der Waals surface area contributed by atoms with Crippen LogP contribution in [0.3, 0.4) is 0 Å². The first kappa shape index (κ1) is 24.7. The zero-order valence-electron chi connectivity index (χ0n) is 20.4. The molecule has 1 aromatic heterocycles. The zero-order valence-corrected chi connectivity index (χ0v) is 21.2. The Balaban J connectivity index is 1.18. The molecule has 2 fully saturated rings. The number of nitrogens with zero attached hydrogens (tertiary/aromatic N) is 3. The van der Waals surface area contributed by atoms with Gasteiger partial charge in [-0.05, 0) is 67.6 Å². The number of benzene rings is 2. The molecule has 2 aromatic carbocycles. The van der Waals surface area contributed by atoms with Crippen molar-refractivity contribution in [2.45, 2.75) is 32.4 Å². The predicted molar refractivity (Wildman–Crippen MR) is 137 cm³/mol. The number of nitrogens with one attached hydrogen (secondary N) is 1. The summed E-state index contributed by atoms with van der Waals surface area (Å²) in [6.07, 6.45) is 3.78. The summed E-state index contributed by atoms with van der Waals surface area (Å²) < 4.78 is 13.0. The third kappa shape index (κ3) is 5.56. The Morgan fingerprint density at radius 3 is 2.61 bits per heavy atom. The maximum Gasteiger partial charge on any atom is 0.253 e. The van der Waals surface area contributed by atoms with Gasteiger partial charge in [-0.25, -0.2) is 0 Å². The Hall–Kier alpha value is -2.94. The molecule has 2 aliphatic heterocycles. The van der Waals surface area contributed by atoms with Gasteiger partial charge in [0.05, 0.1) is 31.4 Å². The SMILES string of the molecule is Cc1c(C(=O)NCC2COCCO2)ccc2nn(CC3CCN(C(=O)c4ccc(Cl)cc4)CC3)cc12. The lowest BCUT2D eigenvalue weighted by atomic mass is 9.96. The second kappa shape index (κ2) is 11.0. The van der Waals surface area contributed by atoms with Crippen LogP contribution in [-0.2, 0) is 16.0 Å². The first-order chi connectivity index (χ1) is 17.5. The maximum absolute atomic E-state index is 12.8. The van der Waals surface area contributed by atoms with Gasteiger partial charge in [-0.1, -0.05) is 11.6 Å². The monoisotopic (exact) mass is 510 g/mol. The maximum atomic E-state index is 12.8. The van der Waals surface area contributed by atoms with E-state index in [1.54, 1.807) is 24.3 Å². The van der Waals surface area contributed by atoms with Crippen LogP contribution in [0.15, 0.2) is 42.6 Å². The van der Waals surface area contributed by atoms with E-state index in [-0.39, 0.29) is 17.9 Å². The van der Waals surface area contributed by atoms with Crippen molar-refractivity contribution < 1.29 is 19.1 Å². The highest BCUT2D eigenvalue weighted by molar-refractivity contribution is 6.30. The van der Waals surface area contributed by atoms with Crippen LogP contribution in [0.25, 0.3) is 10.9 Å². The molecule has 1 atom stereocenters. The van der Waals surface area contributed by atoms with Gasteiger partial charge in [0.15, 0.2) is 0 Å². The zero-order chi connectivity index (χ0) is 25.1. The fourth-order valence-corrected chi connectivity index (χ4v) is 5.06. The summed E-state index contributed by atoms with van der Waals surface area (Å²) in [6.45, 7) is 6.29. The molecule has 5 rings (SSSR count). The Morgan fingerprint density at radius 1 is 1.11 bits per heavy atom. The lowest BCUT2D eigenvalue weighted by Crippen LogP contribution is -2.39. The predicted octanol–water partition coefficient (Wildman–Crippen LogP) is 3.70. The number of likely N-dealkylation sites (tertiary alicyclic amines) is 1. The number of aromatic nitrogens is 2. The fourth-order valence-electron chi connectivity index (χ4n) is 4.93. The normalized spacial score (nSPS) is 18.9. The molecule has 3 aromatic rings. The van der Waals surface area contributed by atoms with E-state index in [9.17, 15) is 9.59 Å². The molecule has 190 valence electrons. The number of fused-ring (bicyclic) bond motifs is 1. The molecule has 0 aliphatic carbocycles. The van der Waals surface area contributed by atoms with E-state index in [0.29, 0.717) is 48.4 Å². The number of aryl methyl sites for hydroxylation is 1. The highest BCUT2D eigenvalue weighted by Crippen LogP contribution is 2.25. The highest BCUT2D eigenvalue weighted by Gasteiger charge is 2.24. The van der Waals surface area contributed by atoms with Crippen LogP contribution in [0.4, 0.5) is 0 Å². The molecule has 1 N–H and O–H groups in total. The van der Waals surface area contributed by atoms with Crippen LogP contribution in [0.2, 0.25) is 5.02 Å². The van der Waals surface area contributed by atoms with Crippen molar-refractivity contribution in [3.8, 4) is 0 Å². The summed E-state index contributed by atoms with van der Waals surface area (Å²) in [7, 11) is 0. The number of amides is 2. The van der Waals surface area contributed by atoms with Crippen LogP contribution < -0.4 is 5.32 Å². The number of carbonyl (C=O) groups is 2. The summed E-state index contributed by atoms with van der Waals surface area (Å²) in [4.78, 5) is 27.5. The van der Waals surface area contributed by atoms with Gasteiger partial charge in [0, 0.05) is 53.9 Å². The number of piperidine rings is 1. The molecule has 2 saturated heterocycles. The molecule has 36 heavy (non-hydrogen) atoms. The fraction of sp³-hybridized carbons (Fsp3) is 0.444. The van der Waals surface area contributed by atoms with E-state index in [1.807, 2.05) is 34.8 Å². The van der Waals surface area contributed by atoms with Crippen molar-refractivity contribution in [1.29, 1.82) is 0 Å². The lowest BCUT2D eigenvalue weighted by molar-refractivity contribution is -0.0855. The van der Waals surface area contributed by atoms with Crippen LogP contribution in [-0.4, -0.2) is 72.1 Å². The Morgan fingerprint density at radius 2 is 1.89 bits per heavy atom.